The molecule has 0 saturated carbocycles. The highest BCUT2D eigenvalue weighted by Gasteiger charge is 2.46. The Balaban J connectivity index is 2.03. The van der Waals surface area contributed by atoms with E-state index in [1.165, 1.54) is 24.1 Å². The van der Waals surface area contributed by atoms with E-state index in [-0.39, 0.29) is 29.7 Å². The average Bonchev–Trinajstić information content (AvgIpc) is 2.75. The second kappa shape index (κ2) is 7.99. The monoisotopic (exact) mass is 407 g/mol. The van der Waals surface area contributed by atoms with Gasteiger partial charge in [0, 0.05) is 19.0 Å². The fourth-order valence-electron chi connectivity index (χ4n) is 3.60. The lowest BCUT2D eigenvalue weighted by Gasteiger charge is -2.42. The number of likely N-dealkylation sites (N-methyl/N-ethyl adjacent to an activating group) is 1. The molecule has 1 saturated heterocycles. The van der Waals surface area contributed by atoms with Gasteiger partial charge in [0.2, 0.25) is 0 Å². The summed E-state index contributed by atoms with van der Waals surface area (Å²) in [4.78, 5) is 27.7. The highest BCUT2D eigenvalue weighted by molar-refractivity contribution is 6.11. The van der Waals surface area contributed by atoms with Crippen molar-refractivity contribution in [2.75, 3.05) is 14.2 Å². The molecule has 1 fully saturated rings. The van der Waals surface area contributed by atoms with Crippen LogP contribution in [0.25, 0.3) is 5.57 Å². The summed E-state index contributed by atoms with van der Waals surface area (Å²) in [5.74, 6) is -0.682. The molecule has 0 spiro atoms. The van der Waals surface area contributed by atoms with Crippen molar-refractivity contribution < 1.29 is 18.7 Å². The highest BCUT2D eigenvalue weighted by Crippen LogP contribution is 2.34. The Morgan fingerprint density at radius 2 is 1.90 bits per heavy atom. The number of allylic oxidation sites excluding steroid dienone is 1. The minimum absolute atomic E-state index is 0.0973. The van der Waals surface area contributed by atoms with Gasteiger partial charge >= 0.3 is 0 Å². The quantitative estimate of drug-likeness (QED) is 0.790. The Kier molecular flexibility index (Phi) is 5.61. The van der Waals surface area contributed by atoms with Crippen LogP contribution < -0.4 is 10.1 Å². The number of nitrogens with one attached hydrogen (secondary N) is 1. The molecule has 1 aliphatic heterocycles. The van der Waals surface area contributed by atoms with Crippen LogP contribution in [0.4, 0.5) is 4.39 Å². The fourth-order valence-corrected chi connectivity index (χ4v) is 3.60. The van der Waals surface area contributed by atoms with Crippen molar-refractivity contribution in [2.24, 2.45) is 0 Å². The lowest BCUT2D eigenvalue weighted by Crippen LogP contribution is -2.64. The predicted octanol–water partition coefficient (Wildman–Crippen LogP) is 3.03. The molecule has 1 unspecified atom stereocenters. The Morgan fingerprint density at radius 1 is 1.23 bits per heavy atom. The maximum absolute atomic E-state index is 13.2. The molecular formula is C23H22FN3O3. The van der Waals surface area contributed by atoms with E-state index in [1.54, 1.807) is 51.2 Å². The van der Waals surface area contributed by atoms with Crippen LogP contribution in [-0.2, 0) is 16.0 Å². The van der Waals surface area contributed by atoms with Crippen LogP contribution in [0.3, 0.4) is 0 Å². The number of piperazine rings is 1. The molecule has 3 rings (SSSR count). The summed E-state index contributed by atoms with van der Waals surface area (Å²) in [7, 11) is 3.04. The van der Waals surface area contributed by atoms with Gasteiger partial charge in [-0.25, -0.2) is 4.39 Å². The van der Waals surface area contributed by atoms with Crippen LogP contribution in [0.5, 0.6) is 5.75 Å². The fraction of sp³-hybridized carbons (Fsp3) is 0.261. The summed E-state index contributed by atoms with van der Waals surface area (Å²) < 4.78 is 18.6. The van der Waals surface area contributed by atoms with E-state index in [4.69, 9.17) is 4.74 Å². The number of nitriles is 1. The number of carbonyl (C=O) groups excluding carboxylic acids is 2. The van der Waals surface area contributed by atoms with E-state index in [2.05, 4.69) is 11.4 Å². The number of rotatable bonds is 4. The first-order valence-electron chi connectivity index (χ1n) is 9.35. The Hall–Kier alpha value is -3.66. The second-order valence-electron chi connectivity index (χ2n) is 7.39. The molecule has 1 atom stereocenters. The lowest BCUT2D eigenvalue weighted by molar-refractivity contribution is -0.147. The summed E-state index contributed by atoms with van der Waals surface area (Å²) in [5.41, 5.74) is 0.912. The molecule has 1 N–H and O–H groups in total. The maximum atomic E-state index is 13.2. The molecule has 6 nitrogen and oxygen atoms in total. The molecule has 30 heavy (non-hydrogen) atoms. The van der Waals surface area contributed by atoms with Crippen molar-refractivity contribution in [2.45, 2.75) is 25.8 Å². The topological polar surface area (TPSA) is 82.4 Å². The Bertz CT molecular complexity index is 1090. The first kappa shape index (κ1) is 21.1. The third kappa shape index (κ3) is 3.52. The molecular weight excluding hydrogens is 385 g/mol. The zero-order valence-electron chi connectivity index (χ0n) is 17.2. The lowest BCUT2D eigenvalue weighted by atomic mass is 9.87. The van der Waals surface area contributed by atoms with Gasteiger partial charge in [0.05, 0.1) is 18.7 Å². The zero-order valence-corrected chi connectivity index (χ0v) is 17.2. The van der Waals surface area contributed by atoms with E-state index in [0.717, 1.165) is 5.56 Å². The van der Waals surface area contributed by atoms with E-state index in [1.807, 2.05) is 0 Å². The van der Waals surface area contributed by atoms with E-state index >= 15 is 0 Å². The SMILES string of the molecule is COc1cccc(C#N)c1C(C)=C1NC(=O)C(C)(Cc2ccc(F)cc2)N(C)C1=O. The van der Waals surface area contributed by atoms with Crippen molar-refractivity contribution >= 4 is 17.4 Å². The van der Waals surface area contributed by atoms with Gasteiger partial charge in [0.1, 0.15) is 22.8 Å². The smallest absolute Gasteiger partial charge is 0.271 e. The maximum Gasteiger partial charge on any atom is 0.271 e. The summed E-state index contributed by atoms with van der Waals surface area (Å²) >= 11 is 0. The molecule has 1 heterocycles. The van der Waals surface area contributed by atoms with Crippen LogP contribution in [0, 0.1) is 17.1 Å². The summed E-state index contributed by atoms with van der Waals surface area (Å²) in [5, 5.41) is 12.2. The highest BCUT2D eigenvalue weighted by atomic mass is 19.1. The number of carbonyl (C=O) groups is 2. The molecule has 0 aromatic heterocycles. The predicted molar refractivity (Wildman–Crippen MR) is 110 cm³/mol. The summed E-state index contributed by atoms with van der Waals surface area (Å²) in [6, 6.07) is 12.9. The third-order valence-electron chi connectivity index (χ3n) is 5.56. The van der Waals surface area contributed by atoms with Gasteiger partial charge in [0.15, 0.2) is 0 Å². The van der Waals surface area contributed by atoms with E-state index < -0.39 is 5.54 Å². The van der Waals surface area contributed by atoms with Crippen molar-refractivity contribution in [3.63, 3.8) is 0 Å². The van der Waals surface area contributed by atoms with Crippen LogP contribution in [0.2, 0.25) is 0 Å². The number of hydrogen-bond acceptors (Lipinski definition) is 4. The van der Waals surface area contributed by atoms with Crippen LogP contribution in [0.1, 0.15) is 30.5 Å². The molecule has 2 aromatic carbocycles. The summed E-state index contributed by atoms with van der Waals surface area (Å²) in [6.45, 7) is 3.34. The number of methoxy groups -OCH3 is 1. The van der Waals surface area contributed by atoms with E-state index in [0.29, 0.717) is 22.4 Å². The normalized spacial score (nSPS) is 20.5. The van der Waals surface area contributed by atoms with Gasteiger partial charge in [-0.3, -0.25) is 9.59 Å². The van der Waals surface area contributed by atoms with Crippen LogP contribution >= 0.6 is 0 Å². The standard InChI is InChI=1S/C23H22FN3O3/c1-14(19-16(13-25)6-5-7-18(19)30-4)20-21(28)27(3)23(2,22(29)26-20)12-15-8-10-17(24)11-9-15/h5-11H,12H2,1-4H3,(H,26,29). The molecule has 1 aliphatic rings. The average molecular weight is 407 g/mol. The summed E-state index contributed by atoms with van der Waals surface area (Å²) in [6.07, 6.45) is 0.228. The van der Waals surface area contributed by atoms with Crippen LogP contribution in [-0.4, -0.2) is 36.4 Å². The largest absolute Gasteiger partial charge is 0.496 e. The number of amides is 2. The van der Waals surface area contributed by atoms with Crippen molar-refractivity contribution in [3.05, 3.63) is 70.7 Å². The molecule has 0 radical (unpaired) electrons. The molecule has 2 amide bonds. The molecule has 7 heteroatoms. The zero-order chi connectivity index (χ0) is 22.1. The number of halogens is 1. The number of hydrogen-bond donors (Lipinski definition) is 1. The minimum atomic E-state index is -1.16. The number of ether oxygens (including phenoxy) is 1. The van der Waals surface area contributed by atoms with Crippen LogP contribution in [0.15, 0.2) is 48.2 Å². The second-order valence-corrected chi connectivity index (χ2v) is 7.39. The minimum Gasteiger partial charge on any atom is -0.496 e. The van der Waals surface area contributed by atoms with Crippen molar-refractivity contribution in [1.29, 1.82) is 5.26 Å². The first-order chi connectivity index (χ1) is 14.2. The van der Waals surface area contributed by atoms with Crippen molar-refractivity contribution in [3.8, 4) is 11.8 Å². The molecule has 0 aliphatic carbocycles. The van der Waals surface area contributed by atoms with Crippen molar-refractivity contribution in [1.82, 2.24) is 10.2 Å². The molecule has 2 aromatic rings. The number of nitrogens with zero attached hydrogens (tertiary/aromatic N) is 2. The van der Waals surface area contributed by atoms with E-state index in [9.17, 15) is 19.2 Å². The van der Waals surface area contributed by atoms with Gasteiger partial charge in [0.25, 0.3) is 11.8 Å². The molecule has 0 bridgehead atoms. The van der Waals surface area contributed by atoms with Gasteiger partial charge in [-0.05, 0) is 49.2 Å². The van der Waals surface area contributed by atoms with Gasteiger partial charge in [-0.15, -0.1) is 0 Å². The third-order valence-corrected chi connectivity index (χ3v) is 5.56. The van der Waals surface area contributed by atoms with Gasteiger partial charge in [-0.1, -0.05) is 18.2 Å². The van der Waals surface area contributed by atoms with Gasteiger partial charge in [-0.2, -0.15) is 5.26 Å². The van der Waals surface area contributed by atoms with Gasteiger partial charge < -0.3 is 15.0 Å². The Morgan fingerprint density at radius 3 is 2.50 bits per heavy atom. The Labute approximate surface area is 174 Å². The number of benzene rings is 2. The first-order valence-corrected chi connectivity index (χ1v) is 9.35. The molecule has 154 valence electrons.